The number of hydrogen-bond acceptors (Lipinski definition) is 5. The van der Waals surface area contributed by atoms with Gasteiger partial charge in [-0.25, -0.2) is 0 Å². The van der Waals surface area contributed by atoms with Gasteiger partial charge in [-0.3, -0.25) is 0 Å². The van der Waals surface area contributed by atoms with Gasteiger partial charge in [-0.2, -0.15) is 15.8 Å². The first kappa shape index (κ1) is 17.1. The highest BCUT2D eigenvalue weighted by atomic mass is 35.5. The second kappa shape index (κ2) is 6.26. The number of benzene rings is 1. The van der Waals surface area contributed by atoms with Crippen LogP contribution >= 0.6 is 11.6 Å². The van der Waals surface area contributed by atoms with Crippen molar-refractivity contribution in [2.24, 2.45) is 17.1 Å². The smallest absolute Gasteiger partial charge is 0.171 e. The van der Waals surface area contributed by atoms with Crippen molar-refractivity contribution in [3.05, 3.63) is 58.3 Å². The zero-order chi connectivity index (χ0) is 18.2. The molecule has 0 spiro atoms. The van der Waals surface area contributed by atoms with Crippen molar-refractivity contribution in [2.75, 3.05) is 13.6 Å². The average molecular weight is 350 g/mol. The standard InChI is InChI=1S/C19H16ClN5/c1-25-7-6-12-14(8-21)18(24)19(10-22,11-23)17(15(12)9-25)13-4-2-3-5-16(13)20/h2-7,15,17-18H,9,24H2,1H3/t15-,17-,18+/m1/s1. The fourth-order valence-electron chi connectivity index (χ4n) is 3.92. The molecule has 124 valence electrons. The van der Waals surface area contributed by atoms with Gasteiger partial charge in [0.25, 0.3) is 0 Å². The molecule has 1 aromatic rings. The Morgan fingerprint density at radius 3 is 2.52 bits per heavy atom. The molecule has 6 heteroatoms. The van der Waals surface area contributed by atoms with Gasteiger partial charge in [-0.15, -0.1) is 0 Å². The minimum Gasteiger partial charge on any atom is -0.380 e. The van der Waals surface area contributed by atoms with Crippen LogP contribution in [0.15, 0.2) is 47.7 Å². The molecule has 0 amide bonds. The number of hydrogen-bond donors (Lipinski definition) is 1. The van der Waals surface area contributed by atoms with Gasteiger partial charge < -0.3 is 10.6 Å². The van der Waals surface area contributed by atoms with Crippen molar-refractivity contribution in [3.8, 4) is 18.2 Å². The molecular weight excluding hydrogens is 334 g/mol. The van der Waals surface area contributed by atoms with Crippen LogP contribution < -0.4 is 5.73 Å². The van der Waals surface area contributed by atoms with Gasteiger partial charge in [0, 0.05) is 30.5 Å². The summed E-state index contributed by atoms with van der Waals surface area (Å²) in [5.41, 5.74) is 6.54. The van der Waals surface area contributed by atoms with E-state index < -0.39 is 17.4 Å². The van der Waals surface area contributed by atoms with Crippen molar-refractivity contribution in [1.82, 2.24) is 4.90 Å². The van der Waals surface area contributed by atoms with E-state index in [9.17, 15) is 15.8 Å². The predicted molar refractivity (Wildman–Crippen MR) is 93.7 cm³/mol. The quantitative estimate of drug-likeness (QED) is 0.840. The maximum absolute atomic E-state index is 9.94. The third kappa shape index (κ3) is 2.39. The fourth-order valence-corrected chi connectivity index (χ4v) is 4.17. The van der Waals surface area contributed by atoms with Crippen LogP contribution in [0.4, 0.5) is 0 Å². The Labute approximate surface area is 151 Å². The minimum absolute atomic E-state index is 0.219. The number of nitrogens with zero attached hydrogens (tertiary/aromatic N) is 4. The van der Waals surface area contributed by atoms with Gasteiger partial charge in [0.05, 0.1) is 29.8 Å². The van der Waals surface area contributed by atoms with Crippen LogP contribution in [0.25, 0.3) is 0 Å². The van der Waals surface area contributed by atoms with E-state index in [0.717, 1.165) is 5.57 Å². The Bertz CT molecular complexity index is 882. The van der Waals surface area contributed by atoms with Gasteiger partial charge in [-0.05, 0) is 29.5 Å². The lowest BCUT2D eigenvalue weighted by atomic mass is 9.56. The number of fused-ring (bicyclic) bond motifs is 1. The molecule has 5 nitrogen and oxygen atoms in total. The van der Waals surface area contributed by atoms with E-state index in [1.807, 2.05) is 36.4 Å². The molecule has 0 aromatic heterocycles. The molecule has 3 rings (SSSR count). The summed E-state index contributed by atoms with van der Waals surface area (Å²) >= 11 is 6.41. The molecule has 0 saturated carbocycles. The predicted octanol–water partition coefficient (Wildman–Crippen LogP) is 2.69. The second-order valence-electron chi connectivity index (χ2n) is 6.41. The van der Waals surface area contributed by atoms with Gasteiger partial charge in [0.2, 0.25) is 0 Å². The molecule has 0 radical (unpaired) electrons. The van der Waals surface area contributed by atoms with Crippen molar-refractivity contribution in [2.45, 2.75) is 12.0 Å². The molecule has 0 fully saturated rings. The molecular formula is C19H16ClN5. The summed E-state index contributed by atoms with van der Waals surface area (Å²) in [7, 11) is 1.91. The number of halogens is 1. The first-order valence-electron chi connectivity index (χ1n) is 7.85. The Balaban J connectivity index is 2.35. The van der Waals surface area contributed by atoms with E-state index in [-0.39, 0.29) is 5.92 Å². The maximum Gasteiger partial charge on any atom is 0.171 e. The molecule has 0 saturated heterocycles. The molecule has 2 aliphatic rings. The molecule has 0 unspecified atom stereocenters. The van der Waals surface area contributed by atoms with E-state index >= 15 is 0 Å². The molecule has 2 N–H and O–H groups in total. The molecule has 3 atom stereocenters. The normalized spacial score (nSPS) is 27.0. The minimum atomic E-state index is -1.56. The number of nitriles is 3. The van der Waals surface area contributed by atoms with Crippen molar-refractivity contribution >= 4 is 11.6 Å². The summed E-state index contributed by atoms with van der Waals surface area (Å²) in [6.07, 6.45) is 3.74. The van der Waals surface area contributed by atoms with Gasteiger partial charge in [0.15, 0.2) is 5.41 Å². The summed E-state index contributed by atoms with van der Waals surface area (Å²) < 4.78 is 0. The summed E-state index contributed by atoms with van der Waals surface area (Å²) in [5, 5.41) is 30.0. The lowest BCUT2D eigenvalue weighted by Crippen LogP contribution is -2.53. The molecule has 25 heavy (non-hydrogen) atoms. The SMILES string of the molecule is CN1C=CC2=C(C#N)[C@H](N)C(C#N)(C#N)[C@H](c3ccccc3Cl)[C@@H]2C1. The van der Waals surface area contributed by atoms with Crippen molar-refractivity contribution in [1.29, 1.82) is 15.8 Å². The maximum atomic E-state index is 9.94. The number of rotatable bonds is 1. The topological polar surface area (TPSA) is 101 Å². The van der Waals surface area contributed by atoms with Crippen LogP contribution in [0, 0.1) is 45.3 Å². The van der Waals surface area contributed by atoms with Gasteiger partial charge in [0.1, 0.15) is 0 Å². The summed E-state index contributed by atoms with van der Waals surface area (Å²) in [6, 6.07) is 12.6. The summed E-state index contributed by atoms with van der Waals surface area (Å²) in [4.78, 5) is 1.98. The van der Waals surface area contributed by atoms with Crippen LogP contribution in [0.5, 0.6) is 0 Å². The van der Waals surface area contributed by atoms with Gasteiger partial charge >= 0.3 is 0 Å². The van der Waals surface area contributed by atoms with E-state index in [2.05, 4.69) is 18.2 Å². The zero-order valence-corrected chi connectivity index (χ0v) is 14.4. The molecule has 1 aromatic carbocycles. The molecule has 1 heterocycles. The van der Waals surface area contributed by atoms with Crippen molar-refractivity contribution < 1.29 is 0 Å². The van der Waals surface area contributed by atoms with E-state index in [0.29, 0.717) is 22.7 Å². The number of nitrogens with two attached hydrogens (primary N) is 1. The largest absolute Gasteiger partial charge is 0.380 e. The van der Waals surface area contributed by atoms with Crippen molar-refractivity contribution in [3.63, 3.8) is 0 Å². The van der Waals surface area contributed by atoms with Crippen LogP contribution in [0.2, 0.25) is 5.02 Å². The van der Waals surface area contributed by atoms with Gasteiger partial charge in [-0.1, -0.05) is 29.8 Å². The lowest BCUT2D eigenvalue weighted by Gasteiger charge is -2.46. The number of allylic oxidation sites excluding steroid dienone is 1. The molecule has 1 aliphatic carbocycles. The molecule has 1 aliphatic heterocycles. The Morgan fingerprint density at radius 1 is 1.24 bits per heavy atom. The average Bonchev–Trinajstić information content (AvgIpc) is 2.62. The van der Waals surface area contributed by atoms with Crippen LogP contribution in [-0.2, 0) is 0 Å². The first-order valence-corrected chi connectivity index (χ1v) is 8.23. The highest BCUT2D eigenvalue weighted by molar-refractivity contribution is 6.31. The van der Waals surface area contributed by atoms with Crippen LogP contribution in [-0.4, -0.2) is 24.5 Å². The third-order valence-electron chi connectivity index (χ3n) is 5.13. The zero-order valence-electron chi connectivity index (χ0n) is 13.6. The Morgan fingerprint density at radius 2 is 1.92 bits per heavy atom. The second-order valence-corrected chi connectivity index (χ2v) is 6.82. The van der Waals surface area contributed by atoms with E-state index in [1.165, 1.54) is 0 Å². The Kier molecular flexibility index (Phi) is 4.27. The Hall–Kier alpha value is -2.78. The summed E-state index contributed by atoms with van der Waals surface area (Å²) in [5.74, 6) is -0.741. The summed E-state index contributed by atoms with van der Waals surface area (Å²) in [6.45, 7) is 0.574. The molecule has 0 bridgehead atoms. The monoisotopic (exact) mass is 349 g/mol. The fraction of sp³-hybridized carbons (Fsp3) is 0.316. The highest BCUT2D eigenvalue weighted by Gasteiger charge is 2.56. The first-order chi connectivity index (χ1) is 12.0. The van der Waals surface area contributed by atoms with Crippen LogP contribution in [0.1, 0.15) is 11.5 Å². The lowest BCUT2D eigenvalue weighted by molar-refractivity contribution is 0.230. The highest BCUT2D eigenvalue weighted by Crippen LogP contribution is 2.53. The third-order valence-corrected chi connectivity index (χ3v) is 5.47. The van der Waals surface area contributed by atoms with E-state index in [4.69, 9.17) is 17.3 Å². The van der Waals surface area contributed by atoms with Crippen LogP contribution in [0.3, 0.4) is 0 Å². The van der Waals surface area contributed by atoms with E-state index in [1.54, 1.807) is 12.1 Å².